The fourth-order valence-electron chi connectivity index (χ4n) is 3.49. The zero-order valence-electron chi connectivity index (χ0n) is 19.5. The number of halogens is 1. The maximum atomic E-state index is 13.5. The predicted molar refractivity (Wildman–Crippen MR) is 134 cm³/mol. The van der Waals surface area contributed by atoms with Gasteiger partial charge in [0.1, 0.15) is 30.3 Å². The zero-order chi connectivity index (χ0) is 25.7. The van der Waals surface area contributed by atoms with E-state index < -0.39 is 12.0 Å². The molecular weight excluding hydrogens is 463 g/mol. The molecule has 0 aliphatic rings. The number of nitrogens with two attached hydrogens (primary N) is 2. The van der Waals surface area contributed by atoms with Gasteiger partial charge >= 0.3 is 5.97 Å². The van der Waals surface area contributed by atoms with Crippen molar-refractivity contribution in [2.24, 2.45) is 5.73 Å². The predicted octanol–water partition coefficient (Wildman–Crippen LogP) is 4.46. The van der Waals surface area contributed by atoms with Gasteiger partial charge in [-0.1, -0.05) is 36.4 Å². The minimum atomic E-state index is -1.13. The maximum Gasteiger partial charge on any atom is 0.324 e. The quantitative estimate of drug-likeness (QED) is 0.314. The van der Waals surface area contributed by atoms with Crippen LogP contribution in [0.3, 0.4) is 0 Å². The van der Waals surface area contributed by atoms with Crippen molar-refractivity contribution in [3.63, 3.8) is 0 Å². The van der Waals surface area contributed by atoms with Crippen molar-refractivity contribution in [2.75, 3.05) is 12.3 Å². The number of nitrogen functional groups attached to an aromatic ring is 1. The second kappa shape index (κ2) is 10.8. The summed E-state index contributed by atoms with van der Waals surface area (Å²) in [7, 11) is 0. The number of ether oxygens (including phenoxy) is 2. The molecule has 0 spiro atoms. The number of benzene rings is 3. The molecule has 4 aromatic rings. The average Bonchev–Trinajstić information content (AvgIpc) is 2.87. The highest BCUT2D eigenvalue weighted by Gasteiger charge is 2.14. The summed E-state index contributed by atoms with van der Waals surface area (Å²) in [5.74, 6) is -0.567. The number of aromatic nitrogens is 2. The molecule has 4 rings (SSSR count). The second-order valence-corrected chi connectivity index (χ2v) is 8.12. The van der Waals surface area contributed by atoms with Crippen LogP contribution in [0.4, 0.5) is 10.3 Å². The number of carboxylic acids is 1. The molecule has 9 heteroatoms. The summed E-state index contributed by atoms with van der Waals surface area (Å²) in [5.41, 5.74) is 15.3. The van der Waals surface area contributed by atoms with E-state index in [1.807, 2.05) is 37.3 Å². The summed E-state index contributed by atoms with van der Waals surface area (Å²) in [5, 5.41) is 8.85. The third-order valence-corrected chi connectivity index (χ3v) is 5.45. The normalized spacial score (nSPS) is 12.5. The van der Waals surface area contributed by atoms with Gasteiger partial charge < -0.3 is 26.0 Å². The van der Waals surface area contributed by atoms with E-state index in [-0.39, 0.29) is 24.5 Å². The van der Waals surface area contributed by atoms with Crippen LogP contribution in [0.5, 0.6) is 11.6 Å². The standard InChI is InChI=1S/C27H25FN4O4/c1-16(17-5-7-18(8-6-17)20-3-2-4-21(28)13-20)36-25-14-24(31-27(30)32-25)19-9-11-22(12-10-19)35-15-23(29)26(33)34/h2-14,16,23H,15,29H2,1H3,(H,33,34)(H2,30,31,32)/t16-,23+/m1/s1. The summed E-state index contributed by atoms with van der Waals surface area (Å²) in [4.78, 5) is 19.3. The lowest BCUT2D eigenvalue weighted by Crippen LogP contribution is -2.36. The van der Waals surface area contributed by atoms with E-state index >= 15 is 0 Å². The molecule has 2 atom stereocenters. The van der Waals surface area contributed by atoms with Crippen LogP contribution in [-0.4, -0.2) is 33.7 Å². The van der Waals surface area contributed by atoms with Gasteiger partial charge in [0.25, 0.3) is 0 Å². The van der Waals surface area contributed by atoms with Gasteiger partial charge in [-0.2, -0.15) is 4.98 Å². The Kier molecular flexibility index (Phi) is 7.41. The Morgan fingerprint density at radius 2 is 1.67 bits per heavy atom. The largest absolute Gasteiger partial charge is 0.491 e. The molecule has 0 radical (unpaired) electrons. The Hall–Kier alpha value is -4.50. The van der Waals surface area contributed by atoms with Crippen LogP contribution in [0.25, 0.3) is 22.4 Å². The van der Waals surface area contributed by atoms with Crippen molar-refractivity contribution in [3.8, 4) is 34.0 Å². The van der Waals surface area contributed by atoms with Gasteiger partial charge in [0.05, 0.1) is 5.69 Å². The first-order valence-electron chi connectivity index (χ1n) is 11.2. The van der Waals surface area contributed by atoms with Crippen LogP contribution in [-0.2, 0) is 4.79 Å². The Morgan fingerprint density at radius 3 is 2.33 bits per heavy atom. The number of aliphatic carboxylic acids is 1. The van der Waals surface area contributed by atoms with E-state index in [9.17, 15) is 9.18 Å². The number of carboxylic acid groups (broad SMARTS) is 1. The molecule has 0 aliphatic carbocycles. The molecule has 8 nitrogen and oxygen atoms in total. The van der Waals surface area contributed by atoms with Gasteiger partial charge in [-0.25, -0.2) is 9.37 Å². The third kappa shape index (κ3) is 6.13. The number of nitrogens with zero attached hydrogens (tertiary/aromatic N) is 2. The molecule has 0 unspecified atom stereocenters. The van der Waals surface area contributed by atoms with E-state index in [4.69, 9.17) is 26.0 Å². The Bertz CT molecular complexity index is 1350. The van der Waals surface area contributed by atoms with Crippen LogP contribution >= 0.6 is 0 Å². The van der Waals surface area contributed by atoms with Crippen LogP contribution in [0, 0.1) is 5.82 Å². The van der Waals surface area contributed by atoms with Gasteiger partial charge in [-0.3, -0.25) is 4.79 Å². The molecule has 1 aromatic heterocycles. The molecule has 36 heavy (non-hydrogen) atoms. The summed E-state index contributed by atoms with van der Waals surface area (Å²) in [6.07, 6.45) is -0.331. The first-order valence-corrected chi connectivity index (χ1v) is 11.2. The van der Waals surface area contributed by atoms with E-state index in [1.54, 1.807) is 36.4 Å². The Morgan fingerprint density at radius 1 is 0.972 bits per heavy atom. The van der Waals surface area contributed by atoms with Crippen LogP contribution in [0.2, 0.25) is 0 Å². The van der Waals surface area contributed by atoms with E-state index in [2.05, 4.69) is 9.97 Å². The van der Waals surface area contributed by atoms with Crippen molar-refractivity contribution in [2.45, 2.75) is 19.1 Å². The minimum Gasteiger partial charge on any atom is -0.491 e. The van der Waals surface area contributed by atoms with E-state index in [0.29, 0.717) is 17.3 Å². The first-order chi connectivity index (χ1) is 17.3. The molecular formula is C27H25FN4O4. The molecule has 0 saturated heterocycles. The van der Waals surface area contributed by atoms with E-state index in [1.165, 1.54) is 12.1 Å². The molecule has 0 fully saturated rings. The minimum absolute atomic E-state index is 0.0592. The molecule has 3 aromatic carbocycles. The SMILES string of the molecule is C[C@@H](Oc1cc(-c2ccc(OC[C@H](N)C(=O)O)cc2)nc(N)n1)c1ccc(-c2cccc(F)c2)cc1. The number of rotatable bonds is 9. The Labute approximate surface area is 207 Å². The van der Waals surface area contributed by atoms with E-state index in [0.717, 1.165) is 22.3 Å². The van der Waals surface area contributed by atoms with Crippen molar-refractivity contribution in [1.82, 2.24) is 9.97 Å². The molecule has 5 N–H and O–H groups in total. The van der Waals surface area contributed by atoms with Crippen LogP contribution in [0.15, 0.2) is 78.9 Å². The summed E-state index contributed by atoms with van der Waals surface area (Å²) < 4.78 is 25.0. The fraction of sp³-hybridized carbons (Fsp3) is 0.148. The highest BCUT2D eigenvalue weighted by Crippen LogP contribution is 2.28. The zero-order valence-corrected chi connectivity index (χ0v) is 19.5. The summed E-state index contributed by atoms with van der Waals surface area (Å²) in [6.45, 7) is 1.75. The average molecular weight is 489 g/mol. The lowest BCUT2D eigenvalue weighted by Gasteiger charge is -2.16. The van der Waals surface area contributed by atoms with Crippen LogP contribution in [0.1, 0.15) is 18.6 Å². The fourth-order valence-corrected chi connectivity index (χ4v) is 3.49. The smallest absolute Gasteiger partial charge is 0.324 e. The molecule has 184 valence electrons. The summed E-state index contributed by atoms with van der Waals surface area (Å²) in [6, 6.07) is 21.6. The van der Waals surface area contributed by atoms with Crippen molar-refractivity contribution >= 4 is 11.9 Å². The third-order valence-electron chi connectivity index (χ3n) is 5.45. The number of hydrogen-bond donors (Lipinski definition) is 3. The number of hydrogen-bond acceptors (Lipinski definition) is 7. The molecule has 0 saturated carbocycles. The van der Waals surface area contributed by atoms with Gasteiger partial charge in [0.2, 0.25) is 11.8 Å². The lowest BCUT2D eigenvalue weighted by atomic mass is 10.0. The van der Waals surface area contributed by atoms with Crippen molar-refractivity contribution < 1.29 is 23.8 Å². The monoisotopic (exact) mass is 488 g/mol. The molecule has 0 amide bonds. The number of carbonyl (C=O) groups is 1. The van der Waals surface area contributed by atoms with Crippen molar-refractivity contribution in [3.05, 3.63) is 90.2 Å². The summed E-state index contributed by atoms with van der Waals surface area (Å²) >= 11 is 0. The maximum absolute atomic E-state index is 13.5. The molecule has 0 aliphatic heterocycles. The van der Waals surface area contributed by atoms with Gasteiger partial charge in [0, 0.05) is 11.6 Å². The number of anilines is 1. The molecule has 0 bridgehead atoms. The topological polar surface area (TPSA) is 134 Å². The lowest BCUT2D eigenvalue weighted by molar-refractivity contribution is -0.139. The highest BCUT2D eigenvalue weighted by atomic mass is 19.1. The van der Waals surface area contributed by atoms with Gasteiger partial charge in [-0.15, -0.1) is 0 Å². The highest BCUT2D eigenvalue weighted by molar-refractivity contribution is 5.73. The van der Waals surface area contributed by atoms with Gasteiger partial charge in [0.15, 0.2) is 0 Å². The molecule has 1 heterocycles. The van der Waals surface area contributed by atoms with Gasteiger partial charge in [-0.05, 0) is 60.0 Å². The van der Waals surface area contributed by atoms with Crippen LogP contribution < -0.4 is 20.9 Å². The van der Waals surface area contributed by atoms with Crippen molar-refractivity contribution in [1.29, 1.82) is 0 Å². The first kappa shape index (κ1) is 24.6. The Balaban J connectivity index is 1.45. The second-order valence-electron chi connectivity index (χ2n) is 8.12.